The Hall–Kier alpha value is -0.650. The van der Waals surface area contributed by atoms with Crippen LogP contribution in [0.25, 0.3) is 0 Å². The lowest BCUT2D eigenvalue weighted by molar-refractivity contribution is 0.290. The molecule has 1 nitrogen and oxygen atoms in total. The second-order valence-electron chi connectivity index (χ2n) is 3.97. The van der Waals surface area contributed by atoms with E-state index in [1.807, 2.05) is 6.07 Å². The van der Waals surface area contributed by atoms with Crippen LogP contribution in [0, 0.1) is 11.6 Å². The molecule has 0 atom stereocenters. The fourth-order valence-corrected chi connectivity index (χ4v) is 2.73. The topological polar surface area (TPSA) is 9.23 Å². The molecule has 6 heteroatoms. The molecule has 0 saturated carbocycles. The van der Waals surface area contributed by atoms with Gasteiger partial charge in [0.15, 0.2) is 0 Å². The zero-order valence-electron chi connectivity index (χ0n) is 10.1. The molecule has 0 N–H and O–H groups in total. The summed E-state index contributed by atoms with van der Waals surface area (Å²) in [6.07, 6.45) is 0. The molecule has 0 unspecified atom stereocenters. The third-order valence-corrected chi connectivity index (χ3v) is 4.21. The molecule has 0 bridgehead atoms. The second-order valence-corrected chi connectivity index (χ2v) is 5.79. The summed E-state index contributed by atoms with van der Waals surface area (Å²) >= 11 is 12.4. The Labute approximate surface area is 137 Å². The molecule has 0 spiro atoms. The van der Waals surface area contributed by atoms with Crippen LogP contribution in [0.15, 0.2) is 34.8 Å². The van der Waals surface area contributed by atoms with Crippen LogP contribution in [0.2, 0.25) is 5.02 Å². The zero-order valence-corrected chi connectivity index (χ0v) is 14.0. The van der Waals surface area contributed by atoms with Gasteiger partial charge in [0.2, 0.25) is 0 Å². The summed E-state index contributed by atoms with van der Waals surface area (Å²) in [6.45, 7) is -0.235. The smallest absolute Gasteiger partial charge is 0.146 e. The highest BCUT2D eigenvalue weighted by Gasteiger charge is 2.15. The average molecular weight is 426 g/mol. The van der Waals surface area contributed by atoms with Crippen molar-refractivity contribution in [3.05, 3.63) is 62.6 Å². The Kier molecular flexibility index (Phi) is 5.41. The summed E-state index contributed by atoms with van der Waals surface area (Å²) in [7, 11) is 0. The minimum atomic E-state index is -0.669. The van der Waals surface area contributed by atoms with Gasteiger partial charge in [-0.15, -0.1) is 0 Å². The summed E-state index contributed by atoms with van der Waals surface area (Å²) in [5.74, 6) is -0.902. The molecule has 2 aromatic rings. The molecule has 2 aromatic carbocycles. The molecule has 0 amide bonds. The van der Waals surface area contributed by atoms with Gasteiger partial charge in [0, 0.05) is 10.9 Å². The highest BCUT2D eigenvalue weighted by molar-refractivity contribution is 9.10. The molecule has 0 fully saturated rings. The van der Waals surface area contributed by atoms with Crippen molar-refractivity contribution in [2.45, 2.75) is 11.9 Å². The minimum absolute atomic E-state index is 0.139. The normalized spacial score (nSPS) is 10.7. The number of rotatable bonds is 4. The first kappa shape index (κ1) is 15.7. The average Bonchev–Trinajstić information content (AvgIpc) is 2.44. The van der Waals surface area contributed by atoms with Crippen molar-refractivity contribution in [1.29, 1.82) is 0 Å². The Bertz CT molecular complexity index is 635. The lowest BCUT2D eigenvalue weighted by Gasteiger charge is -2.13. The molecular formula is C14H9Br2ClF2O. The second kappa shape index (κ2) is 6.87. The Morgan fingerprint density at radius 3 is 2.60 bits per heavy atom. The molecule has 0 saturated heterocycles. The fraction of sp³-hybridized carbons (Fsp3) is 0.143. The number of alkyl halides is 1. The third kappa shape index (κ3) is 3.32. The van der Waals surface area contributed by atoms with Crippen LogP contribution in [-0.2, 0) is 11.9 Å². The summed E-state index contributed by atoms with van der Waals surface area (Å²) in [5, 5.41) is 0.935. The number of hydrogen-bond donors (Lipinski definition) is 0. The van der Waals surface area contributed by atoms with Crippen molar-refractivity contribution in [1.82, 2.24) is 0 Å². The van der Waals surface area contributed by atoms with E-state index in [4.69, 9.17) is 16.3 Å². The molecular weight excluding hydrogens is 417 g/mol. The maximum Gasteiger partial charge on any atom is 0.146 e. The van der Waals surface area contributed by atoms with Crippen LogP contribution >= 0.6 is 43.5 Å². The molecule has 20 heavy (non-hydrogen) atoms. The van der Waals surface area contributed by atoms with Crippen LogP contribution in [0.3, 0.4) is 0 Å². The van der Waals surface area contributed by atoms with Gasteiger partial charge in [-0.2, -0.15) is 0 Å². The number of benzene rings is 2. The summed E-state index contributed by atoms with van der Waals surface area (Å²) in [5.41, 5.74) is 0.674. The van der Waals surface area contributed by atoms with Gasteiger partial charge < -0.3 is 4.74 Å². The van der Waals surface area contributed by atoms with Crippen LogP contribution in [0.4, 0.5) is 8.78 Å². The van der Waals surface area contributed by atoms with E-state index >= 15 is 0 Å². The van der Waals surface area contributed by atoms with E-state index in [1.54, 1.807) is 12.1 Å². The van der Waals surface area contributed by atoms with E-state index in [0.29, 0.717) is 16.1 Å². The molecule has 106 valence electrons. The van der Waals surface area contributed by atoms with Crippen molar-refractivity contribution in [3.63, 3.8) is 0 Å². The largest absolute Gasteiger partial charge is 0.487 e. The van der Waals surface area contributed by atoms with Crippen molar-refractivity contribution >= 4 is 43.5 Å². The predicted octanol–water partition coefficient (Wildman–Crippen LogP) is 5.85. The molecule has 2 rings (SSSR count). The molecule has 0 aliphatic heterocycles. The first-order valence-electron chi connectivity index (χ1n) is 5.63. The lowest BCUT2D eigenvalue weighted by Crippen LogP contribution is -2.04. The molecule has 0 aromatic heterocycles. The number of para-hydroxylation sites is 1. The summed E-state index contributed by atoms with van der Waals surface area (Å²) < 4.78 is 33.2. The van der Waals surface area contributed by atoms with Gasteiger partial charge in [0.05, 0.1) is 15.1 Å². The van der Waals surface area contributed by atoms with E-state index in [2.05, 4.69) is 31.9 Å². The van der Waals surface area contributed by atoms with Crippen molar-refractivity contribution < 1.29 is 13.5 Å². The van der Waals surface area contributed by atoms with E-state index in [-0.39, 0.29) is 16.6 Å². The minimum Gasteiger partial charge on any atom is -0.487 e. The Morgan fingerprint density at radius 1 is 1.15 bits per heavy atom. The fourth-order valence-electron chi connectivity index (χ4n) is 1.67. The SMILES string of the molecule is Fc1ccc(Br)c(F)c1COc1c(Cl)cccc1CBr. The highest BCUT2D eigenvalue weighted by atomic mass is 79.9. The molecule has 0 aliphatic rings. The Morgan fingerprint density at radius 2 is 1.90 bits per heavy atom. The van der Waals surface area contributed by atoms with E-state index < -0.39 is 11.6 Å². The number of halogens is 5. The standard InChI is InChI=1S/C14H9Br2ClF2O/c15-6-8-2-1-3-11(17)14(8)20-7-9-12(18)5-4-10(16)13(9)19/h1-5H,6-7H2. The van der Waals surface area contributed by atoms with E-state index in [1.165, 1.54) is 12.1 Å². The predicted molar refractivity (Wildman–Crippen MR) is 82.5 cm³/mol. The first-order chi connectivity index (χ1) is 9.54. The van der Waals surface area contributed by atoms with Gasteiger partial charge >= 0.3 is 0 Å². The van der Waals surface area contributed by atoms with Gasteiger partial charge in [-0.3, -0.25) is 0 Å². The van der Waals surface area contributed by atoms with E-state index in [9.17, 15) is 8.78 Å². The number of ether oxygens (including phenoxy) is 1. The van der Waals surface area contributed by atoms with Crippen LogP contribution in [0.1, 0.15) is 11.1 Å². The van der Waals surface area contributed by atoms with Crippen molar-refractivity contribution in [2.24, 2.45) is 0 Å². The van der Waals surface area contributed by atoms with Crippen LogP contribution in [0.5, 0.6) is 5.75 Å². The number of hydrogen-bond acceptors (Lipinski definition) is 1. The van der Waals surface area contributed by atoms with Crippen LogP contribution < -0.4 is 4.74 Å². The third-order valence-electron chi connectivity index (χ3n) is 2.69. The molecule has 0 heterocycles. The van der Waals surface area contributed by atoms with E-state index in [0.717, 1.165) is 5.56 Å². The highest BCUT2D eigenvalue weighted by Crippen LogP contribution is 2.31. The molecule has 0 aliphatic carbocycles. The van der Waals surface area contributed by atoms with Gasteiger partial charge in [0.25, 0.3) is 0 Å². The van der Waals surface area contributed by atoms with Gasteiger partial charge in [-0.05, 0) is 34.1 Å². The van der Waals surface area contributed by atoms with Crippen molar-refractivity contribution in [2.75, 3.05) is 0 Å². The zero-order chi connectivity index (χ0) is 14.7. The lowest BCUT2D eigenvalue weighted by atomic mass is 10.2. The van der Waals surface area contributed by atoms with Gasteiger partial charge in [0.1, 0.15) is 24.0 Å². The summed E-state index contributed by atoms with van der Waals surface area (Å²) in [4.78, 5) is 0. The molecule has 0 radical (unpaired) electrons. The van der Waals surface area contributed by atoms with Crippen LogP contribution in [-0.4, -0.2) is 0 Å². The van der Waals surface area contributed by atoms with Crippen molar-refractivity contribution in [3.8, 4) is 5.75 Å². The van der Waals surface area contributed by atoms with Gasteiger partial charge in [-0.25, -0.2) is 8.78 Å². The quantitative estimate of drug-likeness (QED) is 0.440. The monoisotopic (exact) mass is 424 g/mol. The maximum atomic E-state index is 13.8. The maximum absolute atomic E-state index is 13.8. The first-order valence-corrected chi connectivity index (χ1v) is 7.92. The Balaban J connectivity index is 2.28. The summed E-state index contributed by atoms with van der Waals surface area (Å²) in [6, 6.07) is 7.77. The van der Waals surface area contributed by atoms with Gasteiger partial charge in [-0.1, -0.05) is 39.7 Å².